The summed E-state index contributed by atoms with van der Waals surface area (Å²) < 4.78 is 13.8. The minimum absolute atomic E-state index is 0.286. The Morgan fingerprint density at radius 3 is 2.29 bits per heavy atom. The molecule has 0 bridgehead atoms. The van der Waals surface area contributed by atoms with Gasteiger partial charge in [-0.2, -0.15) is 0 Å². The fraction of sp³-hybridized carbons (Fsp3) is 0.667. The van der Waals surface area contributed by atoms with E-state index in [4.69, 9.17) is 9.31 Å². The number of hydrogen-bond donors (Lipinski definition) is 1. The lowest BCUT2D eigenvalue weighted by atomic mass is 9.77. The van der Waals surface area contributed by atoms with Crippen LogP contribution in [-0.4, -0.2) is 49.4 Å². The molecule has 4 nitrogen and oxygen atoms in total. The third-order valence-electron chi connectivity index (χ3n) is 5.60. The van der Waals surface area contributed by atoms with Gasteiger partial charge in [0.05, 0.1) is 11.2 Å². The highest BCUT2D eigenvalue weighted by molar-refractivity contribution is 14.1. The summed E-state index contributed by atoms with van der Waals surface area (Å²) in [5, 5.41) is 3.42. The first-order valence-corrected chi connectivity index (χ1v) is 9.85. The Kier molecular flexibility index (Phi) is 5.34. The molecule has 0 spiro atoms. The number of nitrogens with one attached hydrogen (secondary N) is 1. The molecule has 2 aliphatic heterocycles. The summed E-state index contributed by atoms with van der Waals surface area (Å²) in [6.45, 7) is 16.0. The van der Waals surface area contributed by atoms with Crippen LogP contribution < -0.4 is 10.8 Å². The molecule has 3 rings (SSSR count). The largest absolute Gasteiger partial charge is 0.494 e. The standard InChI is InChI=1S/C18H28BIN2O2/c1-13-14(12-22-8-6-21-7-9-22)10-15(11-16(13)20)19-23-17(2,3)18(4,5)24-19/h10-11,21H,6-9,12H2,1-5H3. The van der Waals surface area contributed by atoms with Crippen molar-refractivity contribution in [2.45, 2.75) is 52.4 Å². The Bertz CT molecular complexity index is 599. The highest BCUT2D eigenvalue weighted by Crippen LogP contribution is 2.36. The Morgan fingerprint density at radius 2 is 1.71 bits per heavy atom. The molecule has 0 amide bonds. The van der Waals surface area contributed by atoms with E-state index in [-0.39, 0.29) is 18.3 Å². The van der Waals surface area contributed by atoms with Crippen LogP contribution in [0.2, 0.25) is 0 Å². The van der Waals surface area contributed by atoms with E-state index in [1.165, 1.54) is 14.7 Å². The summed E-state index contributed by atoms with van der Waals surface area (Å²) in [5.74, 6) is 0. The van der Waals surface area contributed by atoms with Crippen LogP contribution in [0.15, 0.2) is 12.1 Å². The second-order valence-corrected chi connectivity index (χ2v) is 9.06. The molecule has 2 fully saturated rings. The van der Waals surface area contributed by atoms with Gasteiger partial charge >= 0.3 is 7.12 Å². The van der Waals surface area contributed by atoms with E-state index in [1.54, 1.807) is 0 Å². The van der Waals surface area contributed by atoms with Crippen LogP contribution in [0.5, 0.6) is 0 Å². The maximum Gasteiger partial charge on any atom is 0.494 e. The van der Waals surface area contributed by atoms with E-state index >= 15 is 0 Å². The first kappa shape index (κ1) is 18.6. The fourth-order valence-corrected chi connectivity index (χ4v) is 3.85. The molecular formula is C18H28BIN2O2. The van der Waals surface area contributed by atoms with Crippen molar-refractivity contribution in [1.82, 2.24) is 10.2 Å². The zero-order valence-electron chi connectivity index (χ0n) is 15.4. The highest BCUT2D eigenvalue weighted by atomic mass is 127. The summed E-state index contributed by atoms with van der Waals surface area (Å²) in [5.41, 5.74) is 3.29. The number of rotatable bonds is 3. The van der Waals surface area contributed by atoms with Crippen LogP contribution in [0.25, 0.3) is 0 Å². The molecule has 132 valence electrons. The van der Waals surface area contributed by atoms with E-state index in [0.717, 1.165) is 38.2 Å². The van der Waals surface area contributed by atoms with Gasteiger partial charge in [0.15, 0.2) is 0 Å². The number of hydrogen-bond acceptors (Lipinski definition) is 4. The van der Waals surface area contributed by atoms with E-state index < -0.39 is 0 Å². The summed E-state index contributed by atoms with van der Waals surface area (Å²) in [6, 6.07) is 4.49. The number of nitrogens with zero attached hydrogens (tertiary/aromatic N) is 1. The van der Waals surface area contributed by atoms with Gasteiger partial charge in [-0.15, -0.1) is 0 Å². The molecule has 0 unspecified atom stereocenters. The van der Waals surface area contributed by atoms with Crippen molar-refractivity contribution in [3.05, 3.63) is 26.8 Å². The van der Waals surface area contributed by atoms with Crippen molar-refractivity contribution in [3.63, 3.8) is 0 Å². The second-order valence-electron chi connectivity index (χ2n) is 7.90. The van der Waals surface area contributed by atoms with Crippen molar-refractivity contribution in [2.24, 2.45) is 0 Å². The lowest BCUT2D eigenvalue weighted by molar-refractivity contribution is 0.00578. The normalized spacial score (nSPS) is 23.7. The molecule has 6 heteroatoms. The van der Waals surface area contributed by atoms with Crippen LogP contribution in [0.1, 0.15) is 38.8 Å². The first-order valence-electron chi connectivity index (χ1n) is 8.77. The zero-order valence-corrected chi connectivity index (χ0v) is 17.6. The van der Waals surface area contributed by atoms with Crippen molar-refractivity contribution in [3.8, 4) is 0 Å². The topological polar surface area (TPSA) is 33.7 Å². The molecule has 1 N–H and O–H groups in total. The molecule has 0 radical (unpaired) electrons. The van der Waals surface area contributed by atoms with Crippen molar-refractivity contribution >= 4 is 35.2 Å². The third kappa shape index (κ3) is 3.68. The Morgan fingerprint density at radius 1 is 1.12 bits per heavy atom. The lowest BCUT2D eigenvalue weighted by Gasteiger charge is -2.32. The number of piperazine rings is 1. The summed E-state index contributed by atoms with van der Waals surface area (Å²) in [4.78, 5) is 2.52. The Labute approximate surface area is 159 Å². The summed E-state index contributed by atoms with van der Waals surface area (Å²) in [6.07, 6.45) is 0. The lowest BCUT2D eigenvalue weighted by Crippen LogP contribution is -2.43. The van der Waals surface area contributed by atoms with Gasteiger partial charge < -0.3 is 14.6 Å². The van der Waals surface area contributed by atoms with E-state index in [9.17, 15) is 0 Å². The van der Waals surface area contributed by atoms with Crippen LogP contribution >= 0.6 is 22.6 Å². The highest BCUT2D eigenvalue weighted by Gasteiger charge is 2.51. The van der Waals surface area contributed by atoms with Gasteiger partial charge in [-0.3, -0.25) is 4.90 Å². The summed E-state index contributed by atoms with van der Waals surface area (Å²) >= 11 is 2.43. The SMILES string of the molecule is Cc1c(I)cc(B2OC(C)(C)C(C)(C)O2)cc1CN1CCNCC1. The van der Waals surface area contributed by atoms with Gasteiger partial charge in [-0.25, -0.2) is 0 Å². The van der Waals surface area contributed by atoms with Gasteiger partial charge in [0, 0.05) is 36.3 Å². The van der Waals surface area contributed by atoms with E-state index in [2.05, 4.69) is 79.6 Å². The Balaban J connectivity index is 1.85. The molecular weight excluding hydrogens is 414 g/mol. The smallest absolute Gasteiger partial charge is 0.399 e. The van der Waals surface area contributed by atoms with Gasteiger partial charge in [-0.1, -0.05) is 6.07 Å². The van der Waals surface area contributed by atoms with Crippen molar-refractivity contribution < 1.29 is 9.31 Å². The first-order chi connectivity index (χ1) is 11.2. The van der Waals surface area contributed by atoms with Crippen LogP contribution in [0, 0.1) is 10.5 Å². The predicted octanol–water partition coefficient (Wildman–Crippen LogP) is 2.30. The second kappa shape index (κ2) is 6.87. The molecule has 0 aromatic heterocycles. The predicted molar refractivity (Wildman–Crippen MR) is 108 cm³/mol. The maximum atomic E-state index is 6.24. The molecule has 24 heavy (non-hydrogen) atoms. The van der Waals surface area contributed by atoms with E-state index in [0.29, 0.717) is 0 Å². The van der Waals surface area contributed by atoms with Gasteiger partial charge in [0.1, 0.15) is 0 Å². The molecule has 2 heterocycles. The molecule has 2 saturated heterocycles. The molecule has 0 saturated carbocycles. The number of benzene rings is 1. The minimum Gasteiger partial charge on any atom is -0.399 e. The molecule has 1 aromatic carbocycles. The van der Waals surface area contributed by atoms with Crippen molar-refractivity contribution in [1.29, 1.82) is 0 Å². The van der Waals surface area contributed by atoms with Crippen LogP contribution in [0.4, 0.5) is 0 Å². The zero-order chi connectivity index (χ0) is 17.5. The van der Waals surface area contributed by atoms with Gasteiger partial charge in [-0.05, 0) is 79.9 Å². The van der Waals surface area contributed by atoms with Gasteiger partial charge in [0.2, 0.25) is 0 Å². The third-order valence-corrected chi connectivity index (χ3v) is 6.72. The average molecular weight is 442 g/mol. The van der Waals surface area contributed by atoms with Gasteiger partial charge in [0.25, 0.3) is 0 Å². The quantitative estimate of drug-likeness (QED) is 0.576. The van der Waals surface area contributed by atoms with Crippen LogP contribution in [0.3, 0.4) is 0 Å². The molecule has 0 atom stereocenters. The average Bonchev–Trinajstić information content (AvgIpc) is 2.73. The monoisotopic (exact) mass is 442 g/mol. The van der Waals surface area contributed by atoms with E-state index in [1.807, 2.05) is 0 Å². The molecule has 2 aliphatic rings. The summed E-state index contributed by atoms with van der Waals surface area (Å²) in [7, 11) is -0.286. The van der Waals surface area contributed by atoms with Crippen LogP contribution in [-0.2, 0) is 15.9 Å². The Hall–Kier alpha value is -0.145. The molecule has 1 aromatic rings. The number of halogens is 1. The minimum atomic E-state index is -0.299. The van der Waals surface area contributed by atoms with Crippen molar-refractivity contribution in [2.75, 3.05) is 26.2 Å². The maximum absolute atomic E-state index is 6.24. The fourth-order valence-electron chi connectivity index (χ4n) is 3.15. The molecule has 0 aliphatic carbocycles.